The highest BCUT2D eigenvalue weighted by Crippen LogP contribution is 2.34. The van der Waals surface area contributed by atoms with Gasteiger partial charge >= 0.3 is 5.97 Å². The molecule has 1 aliphatic rings. The van der Waals surface area contributed by atoms with Crippen LogP contribution in [0.5, 0.6) is 0 Å². The van der Waals surface area contributed by atoms with Crippen LogP contribution in [0, 0.1) is 5.92 Å². The van der Waals surface area contributed by atoms with E-state index in [2.05, 4.69) is 17.2 Å². The summed E-state index contributed by atoms with van der Waals surface area (Å²) in [6.07, 6.45) is 5.53. The molecule has 1 fully saturated rings. The summed E-state index contributed by atoms with van der Waals surface area (Å²) in [5.74, 6) is 0.796. The van der Waals surface area contributed by atoms with E-state index < -0.39 is 0 Å². The number of pyridine rings is 1. The predicted molar refractivity (Wildman–Crippen MR) is 81.3 cm³/mol. The normalized spacial score (nSPS) is 25.4. The first-order valence-corrected chi connectivity index (χ1v) is 7.61. The van der Waals surface area contributed by atoms with Crippen molar-refractivity contribution in [2.45, 2.75) is 45.1 Å². The van der Waals surface area contributed by atoms with Gasteiger partial charge in [0.2, 0.25) is 0 Å². The average molecular weight is 292 g/mol. The molecule has 0 bridgehead atoms. The lowest BCUT2D eigenvalue weighted by Crippen LogP contribution is -2.45. The minimum absolute atomic E-state index is 0.0402. The van der Waals surface area contributed by atoms with E-state index in [0.29, 0.717) is 23.9 Å². The maximum Gasteiger partial charge on any atom is 0.341 e. The van der Waals surface area contributed by atoms with Crippen LogP contribution in [-0.2, 0) is 4.74 Å². The molecule has 1 aromatic rings. The first-order chi connectivity index (χ1) is 10.1. The van der Waals surface area contributed by atoms with Gasteiger partial charge in [0.25, 0.3) is 0 Å². The van der Waals surface area contributed by atoms with Gasteiger partial charge in [-0.1, -0.05) is 6.92 Å². The highest BCUT2D eigenvalue weighted by molar-refractivity contribution is 5.94. The zero-order valence-corrected chi connectivity index (χ0v) is 12.8. The minimum Gasteiger partial charge on any atom is -0.462 e. The van der Waals surface area contributed by atoms with Crippen LogP contribution in [0.25, 0.3) is 0 Å². The Kier molecular flexibility index (Phi) is 5.17. The summed E-state index contributed by atoms with van der Waals surface area (Å²) < 4.78 is 5.06. The molecule has 0 spiro atoms. The van der Waals surface area contributed by atoms with Crippen LogP contribution in [0.15, 0.2) is 18.3 Å². The van der Waals surface area contributed by atoms with Crippen molar-refractivity contribution < 1.29 is 14.6 Å². The lowest BCUT2D eigenvalue weighted by Gasteiger charge is -2.39. The SMILES string of the molecule is CCOC(=O)c1cccnc1NC1(CO)CCC(C)CC1. The van der Waals surface area contributed by atoms with Crippen LogP contribution in [0.3, 0.4) is 0 Å². The number of anilines is 1. The van der Waals surface area contributed by atoms with Crippen molar-refractivity contribution >= 4 is 11.8 Å². The molecular weight excluding hydrogens is 268 g/mol. The Morgan fingerprint density at radius 2 is 2.24 bits per heavy atom. The summed E-state index contributed by atoms with van der Waals surface area (Å²) in [6, 6.07) is 3.41. The first kappa shape index (κ1) is 15.8. The Hall–Kier alpha value is -1.62. The molecular formula is C16H24N2O3. The Morgan fingerprint density at radius 3 is 2.86 bits per heavy atom. The molecule has 0 unspecified atom stereocenters. The molecule has 0 radical (unpaired) electrons. The van der Waals surface area contributed by atoms with E-state index in [-0.39, 0.29) is 18.1 Å². The average Bonchev–Trinajstić information content (AvgIpc) is 2.51. The van der Waals surface area contributed by atoms with Crippen molar-refractivity contribution in [1.29, 1.82) is 0 Å². The van der Waals surface area contributed by atoms with Crippen LogP contribution in [-0.4, -0.2) is 34.8 Å². The smallest absolute Gasteiger partial charge is 0.341 e. The number of hydrogen-bond donors (Lipinski definition) is 2. The van der Waals surface area contributed by atoms with Gasteiger partial charge in [0.15, 0.2) is 0 Å². The molecule has 5 nitrogen and oxygen atoms in total. The Bertz CT molecular complexity index is 482. The number of nitrogens with zero attached hydrogens (tertiary/aromatic N) is 1. The van der Waals surface area contributed by atoms with Gasteiger partial charge in [0.05, 0.1) is 18.8 Å². The molecule has 2 rings (SSSR count). The Morgan fingerprint density at radius 1 is 1.52 bits per heavy atom. The van der Waals surface area contributed by atoms with Gasteiger partial charge in [-0.15, -0.1) is 0 Å². The number of aliphatic hydroxyl groups is 1. The van der Waals surface area contributed by atoms with Gasteiger partial charge < -0.3 is 15.2 Å². The molecule has 1 saturated carbocycles. The predicted octanol–water partition coefficient (Wildman–Crippen LogP) is 2.61. The summed E-state index contributed by atoms with van der Waals surface area (Å²) in [7, 11) is 0. The number of rotatable bonds is 5. The molecule has 21 heavy (non-hydrogen) atoms. The van der Waals surface area contributed by atoms with Gasteiger partial charge in [0, 0.05) is 6.20 Å². The van der Waals surface area contributed by atoms with E-state index in [9.17, 15) is 9.90 Å². The third-order valence-corrected chi connectivity index (χ3v) is 4.22. The fourth-order valence-electron chi connectivity index (χ4n) is 2.77. The first-order valence-electron chi connectivity index (χ1n) is 7.61. The Labute approximate surface area is 125 Å². The molecule has 1 aliphatic carbocycles. The minimum atomic E-state index is -0.387. The monoisotopic (exact) mass is 292 g/mol. The third kappa shape index (κ3) is 3.73. The van der Waals surface area contributed by atoms with E-state index in [0.717, 1.165) is 25.7 Å². The number of esters is 1. The molecule has 116 valence electrons. The zero-order valence-electron chi connectivity index (χ0n) is 12.8. The van der Waals surface area contributed by atoms with Crippen molar-refractivity contribution in [3.8, 4) is 0 Å². The van der Waals surface area contributed by atoms with E-state index in [1.807, 2.05) is 0 Å². The van der Waals surface area contributed by atoms with Crippen molar-refractivity contribution in [1.82, 2.24) is 4.98 Å². The highest BCUT2D eigenvalue weighted by Gasteiger charge is 2.34. The number of ether oxygens (including phenoxy) is 1. The van der Waals surface area contributed by atoms with Crippen molar-refractivity contribution in [3.05, 3.63) is 23.9 Å². The van der Waals surface area contributed by atoms with E-state index in [1.165, 1.54) is 0 Å². The summed E-state index contributed by atoms with van der Waals surface area (Å²) in [6.45, 7) is 4.37. The van der Waals surface area contributed by atoms with Crippen LogP contribution in [0.1, 0.15) is 49.9 Å². The van der Waals surface area contributed by atoms with E-state index in [1.54, 1.807) is 25.3 Å². The molecule has 0 saturated heterocycles. The van der Waals surface area contributed by atoms with Gasteiger partial charge in [-0.05, 0) is 50.7 Å². The maximum atomic E-state index is 12.0. The molecule has 1 aromatic heterocycles. The van der Waals surface area contributed by atoms with Gasteiger partial charge in [-0.3, -0.25) is 0 Å². The summed E-state index contributed by atoms with van der Waals surface area (Å²) >= 11 is 0. The maximum absolute atomic E-state index is 12.0. The highest BCUT2D eigenvalue weighted by atomic mass is 16.5. The quantitative estimate of drug-likeness (QED) is 0.816. The van der Waals surface area contributed by atoms with Crippen molar-refractivity contribution in [2.24, 2.45) is 5.92 Å². The van der Waals surface area contributed by atoms with Crippen molar-refractivity contribution in [2.75, 3.05) is 18.5 Å². The third-order valence-electron chi connectivity index (χ3n) is 4.22. The molecule has 0 aromatic carbocycles. The van der Waals surface area contributed by atoms with Gasteiger partial charge in [0.1, 0.15) is 11.4 Å². The summed E-state index contributed by atoms with van der Waals surface area (Å²) in [4.78, 5) is 16.3. The lowest BCUT2D eigenvalue weighted by molar-refractivity contribution is 0.0526. The largest absolute Gasteiger partial charge is 0.462 e. The fraction of sp³-hybridized carbons (Fsp3) is 0.625. The fourth-order valence-corrected chi connectivity index (χ4v) is 2.77. The summed E-state index contributed by atoms with van der Waals surface area (Å²) in [5.41, 5.74) is 0.0352. The second kappa shape index (κ2) is 6.89. The standard InChI is InChI=1S/C16H24N2O3/c1-3-21-15(20)13-5-4-10-17-14(13)18-16(11-19)8-6-12(2)7-9-16/h4-5,10,12,19H,3,6-9,11H2,1-2H3,(H,17,18). The van der Waals surface area contributed by atoms with Gasteiger partial charge in [-0.2, -0.15) is 0 Å². The molecule has 5 heteroatoms. The van der Waals surface area contributed by atoms with E-state index >= 15 is 0 Å². The van der Waals surface area contributed by atoms with Crippen LogP contribution in [0.4, 0.5) is 5.82 Å². The molecule has 2 N–H and O–H groups in total. The number of carbonyl (C=O) groups is 1. The number of hydrogen-bond acceptors (Lipinski definition) is 5. The van der Waals surface area contributed by atoms with Crippen LogP contribution < -0.4 is 5.32 Å². The topological polar surface area (TPSA) is 71.5 Å². The molecule has 1 heterocycles. The molecule has 0 amide bonds. The Balaban J connectivity index is 2.20. The number of aliphatic hydroxyl groups excluding tert-OH is 1. The summed E-state index contributed by atoms with van der Waals surface area (Å²) in [5, 5.41) is 13.1. The van der Waals surface area contributed by atoms with Crippen molar-refractivity contribution in [3.63, 3.8) is 0 Å². The molecule has 0 atom stereocenters. The zero-order chi connectivity index (χ0) is 15.3. The second-order valence-corrected chi connectivity index (χ2v) is 5.87. The number of nitrogens with one attached hydrogen (secondary N) is 1. The number of carbonyl (C=O) groups excluding carboxylic acids is 1. The van der Waals surface area contributed by atoms with Crippen LogP contribution in [0.2, 0.25) is 0 Å². The van der Waals surface area contributed by atoms with Gasteiger partial charge in [-0.25, -0.2) is 9.78 Å². The number of aromatic nitrogens is 1. The second-order valence-electron chi connectivity index (χ2n) is 5.87. The van der Waals surface area contributed by atoms with E-state index in [4.69, 9.17) is 4.74 Å². The molecule has 0 aliphatic heterocycles. The van der Waals surface area contributed by atoms with Crippen LogP contribution >= 0.6 is 0 Å². The lowest BCUT2D eigenvalue weighted by atomic mass is 9.77.